The summed E-state index contributed by atoms with van der Waals surface area (Å²) in [4.78, 5) is 24.0. The van der Waals surface area contributed by atoms with Crippen molar-refractivity contribution in [3.05, 3.63) is 71.5 Å². The van der Waals surface area contributed by atoms with E-state index in [1.165, 1.54) is 17.1 Å². The fourth-order valence-corrected chi connectivity index (χ4v) is 2.67. The Labute approximate surface area is 151 Å². The minimum atomic E-state index is -0.492. The number of rotatable bonds is 6. The van der Waals surface area contributed by atoms with E-state index in [2.05, 4.69) is 5.10 Å². The fourth-order valence-electron chi connectivity index (χ4n) is 2.67. The first kappa shape index (κ1) is 17.8. The Balaban J connectivity index is 1.45. The number of amides is 1. The normalized spacial score (nSPS) is 13.4. The van der Waals surface area contributed by atoms with E-state index in [4.69, 9.17) is 4.74 Å². The molecule has 0 saturated heterocycles. The molecule has 0 bridgehead atoms. The lowest BCUT2D eigenvalue weighted by atomic mass is 10.1. The Morgan fingerprint density at radius 1 is 1.08 bits per heavy atom. The highest BCUT2D eigenvalue weighted by Crippen LogP contribution is 2.15. The first-order chi connectivity index (χ1) is 12.6. The van der Waals surface area contributed by atoms with Gasteiger partial charge in [0, 0.05) is 12.8 Å². The van der Waals surface area contributed by atoms with Crippen LogP contribution in [0.5, 0.6) is 0 Å². The molecule has 26 heavy (non-hydrogen) atoms. The standard InChI is InChI=1S/C20H19FN2O3/c21-17-8-4-5-15(13-17)14-26-20(25)10-9-19(24)23-12-11-18(22-23)16-6-2-1-3-7-16/h1-8,13H,9-12,14H2. The molecule has 0 saturated carbocycles. The third kappa shape index (κ3) is 4.75. The van der Waals surface area contributed by atoms with E-state index in [9.17, 15) is 14.0 Å². The molecule has 1 aliphatic rings. The van der Waals surface area contributed by atoms with Gasteiger partial charge in [-0.25, -0.2) is 9.40 Å². The highest BCUT2D eigenvalue weighted by Gasteiger charge is 2.22. The van der Waals surface area contributed by atoms with Crippen LogP contribution in [0.25, 0.3) is 0 Å². The second-order valence-electron chi connectivity index (χ2n) is 5.97. The predicted octanol–water partition coefficient (Wildman–Crippen LogP) is 3.29. The maximum absolute atomic E-state index is 13.1. The van der Waals surface area contributed by atoms with Crippen molar-refractivity contribution >= 4 is 17.6 Å². The summed E-state index contributed by atoms with van der Waals surface area (Å²) < 4.78 is 18.1. The maximum Gasteiger partial charge on any atom is 0.306 e. The number of carbonyl (C=O) groups is 2. The third-order valence-corrected chi connectivity index (χ3v) is 4.03. The Hall–Kier alpha value is -3.02. The molecule has 1 heterocycles. The minimum absolute atomic E-state index is 0.00912. The zero-order chi connectivity index (χ0) is 18.4. The zero-order valence-corrected chi connectivity index (χ0v) is 14.2. The number of ether oxygens (including phenoxy) is 1. The lowest BCUT2D eigenvalue weighted by molar-refractivity contribution is -0.147. The number of esters is 1. The SMILES string of the molecule is O=C(CCC(=O)N1CCC(c2ccccc2)=N1)OCc1cccc(F)c1. The van der Waals surface area contributed by atoms with Gasteiger partial charge in [0.2, 0.25) is 5.91 Å². The average molecular weight is 354 g/mol. The number of hydrogen-bond acceptors (Lipinski definition) is 4. The Morgan fingerprint density at radius 2 is 1.88 bits per heavy atom. The molecule has 0 radical (unpaired) electrons. The molecule has 0 unspecified atom stereocenters. The van der Waals surface area contributed by atoms with Crippen molar-refractivity contribution in [2.75, 3.05) is 6.54 Å². The van der Waals surface area contributed by atoms with Crippen LogP contribution in [0.3, 0.4) is 0 Å². The van der Waals surface area contributed by atoms with E-state index in [-0.39, 0.29) is 31.2 Å². The van der Waals surface area contributed by atoms with Gasteiger partial charge in [0.15, 0.2) is 0 Å². The molecule has 6 heteroatoms. The Bertz CT molecular complexity index is 821. The van der Waals surface area contributed by atoms with Gasteiger partial charge in [-0.15, -0.1) is 0 Å². The van der Waals surface area contributed by atoms with E-state index in [0.717, 1.165) is 11.3 Å². The lowest BCUT2D eigenvalue weighted by Gasteiger charge is -2.11. The van der Waals surface area contributed by atoms with Gasteiger partial charge in [-0.2, -0.15) is 5.10 Å². The molecule has 2 aromatic rings. The number of nitrogens with zero attached hydrogens (tertiary/aromatic N) is 2. The third-order valence-electron chi connectivity index (χ3n) is 4.03. The number of hydrazone groups is 1. The molecule has 0 spiro atoms. The molecule has 1 amide bonds. The fraction of sp³-hybridized carbons (Fsp3) is 0.250. The lowest BCUT2D eigenvalue weighted by Crippen LogP contribution is -2.24. The largest absolute Gasteiger partial charge is 0.461 e. The summed E-state index contributed by atoms with van der Waals surface area (Å²) in [6.45, 7) is 0.506. The zero-order valence-electron chi connectivity index (χ0n) is 14.2. The number of benzene rings is 2. The number of halogens is 1. The summed E-state index contributed by atoms with van der Waals surface area (Å²) in [6, 6.07) is 15.6. The highest BCUT2D eigenvalue weighted by atomic mass is 19.1. The Kier molecular flexibility index (Phi) is 5.73. The van der Waals surface area contributed by atoms with E-state index in [1.807, 2.05) is 30.3 Å². The summed E-state index contributed by atoms with van der Waals surface area (Å²) >= 11 is 0. The summed E-state index contributed by atoms with van der Waals surface area (Å²) in [5, 5.41) is 5.75. The van der Waals surface area contributed by atoms with Gasteiger partial charge in [-0.05, 0) is 23.3 Å². The topological polar surface area (TPSA) is 59.0 Å². The number of carbonyl (C=O) groups excluding carboxylic acids is 2. The van der Waals surface area contributed by atoms with E-state index >= 15 is 0 Å². The van der Waals surface area contributed by atoms with Crippen molar-refractivity contribution in [2.45, 2.75) is 25.9 Å². The molecule has 3 rings (SSSR count). The van der Waals surface area contributed by atoms with Gasteiger partial charge in [-0.1, -0.05) is 42.5 Å². The van der Waals surface area contributed by atoms with E-state index in [0.29, 0.717) is 18.5 Å². The molecule has 1 aliphatic heterocycles. The van der Waals surface area contributed by atoms with Crippen molar-refractivity contribution < 1.29 is 18.7 Å². The molecule has 2 aromatic carbocycles. The first-order valence-corrected chi connectivity index (χ1v) is 8.45. The monoisotopic (exact) mass is 354 g/mol. The number of hydrogen-bond donors (Lipinski definition) is 0. The van der Waals surface area contributed by atoms with Crippen molar-refractivity contribution in [1.82, 2.24) is 5.01 Å². The van der Waals surface area contributed by atoms with Crippen LogP contribution in [-0.2, 0) is 20.9 Å². The van der Waals surface area contributed by atoms with Gasteiger partial charge in [0.1, 0.15) is 12.4 Å². The summed E-state index contributed by atoms with van der Waals surface area (Å²) in [7, 11) is 0. The molecule has 0 aromatic heterocycles. The van der Waals surface area contributed by atoms with Crippen molar-refractivity contribution in [3.63, 3.8) is 0 Å². The summed E-state index contributed by atoms with van der Waals surface area (Å²) in [5.74, 6) is -1.08. The maximum atomic E-state index is 13.1. The first-order valence-electron chi connectivity index (χ1n) is 8.45. The quantitative estimate of drug-likeness (QED) is 0.748. The van der Waals surface area contributed by atoms with Crippen LogP contribution in [0.15, 0.2) is 59.7 Å². The Morgan fingerprint density at radius 3 is 2.65 bits per heavy atom. The van der Waals surface area contributed by atoms with Gasteiger partial charge >= 0.3 is 5.97 Å². The average Bonchev–Trinajstić information content (AvgIpc) is 3.15. The van der Waals surface area contributed by atoms with Crippen LogP contribution < -0.4 is 0 Å². The van der Waals surface area contributed by atoms with Crippen LogP contribution in [-0.4, -0.2) is 29.1 Å². The van der Waals surface area contributed by atoms with Crippen molar-refractivity contribution in [2.24, 2.45) is 5.10 Å². The second-order valence-corrected chi connectivity index (χ2v) is 5.97. The van der Waals surface area contributed by atoms with Gasteiger partial charge in [-0.3, -0.25) is 9.59 Å². The van der Waals surface area contributed by atoms with Crippen LogP contribution >= 0.6 is 0 Å². The van der Waals surface area contributed by atoms with E-state index < -0.39 is 5.97 Å². The van der Waals surface area contributed by atoms with Crippen LogP contribution in [0.4, 0.5) is 4.39 Å². The highest BCUT2D eigenvalue weighted by molar-refractivity contribution is 6.02. The molecule has 0 atom stereocenters. The predicted molar refractivity (Wildman–Crippen MR) is 94.7 cm³/mol. The van der Waals surface area contributed by atoms with E-state index in [1.54, 1.807) is 12.1 Å². The van der Waals surface area contributed by atoms with Crippen LogP contribution in [0.2, 0.25) is 0 Å². The van der Waals surface area contributed by atoms with Gasteiger partial charge < -0.3 is 4.74 Å². The molecule has 0 N–H and O–H groups in total. The molecule has 0 fully saturated rings. The molecular weight excluding hydrogens is 335 g/mol. The molecular formula is C20H19FN2O3. The molecule has 5 nitrogen and oxygen atoms in total. The van der Waals surface area contributed by atoms with Crippen LogP contribution in [0.1, 0.15) is 30.4 Å². The second kappa shape index (κ2) is 8.38. The minimum Gasteiger partial charge on any atom is -0.461 e. The molecule has 134 valence electrons. The van der Waals surface area contributed by atoms with Crippen LogP contribution in [0, 0.1) is 5.82 Å². The molecule has 0 aliphatic carbocycles. The smallest absolute Gasteiger partial charge is 0.306 e. The van der Waals surface area contributed by atoms with Crippen molar-refractivity contribution in [3.8, 4) is 0 Å². The van der Waals surface area contributed by atoms with Crippen molar-refractivity contribution in [1.29, 1.82) is 0 Å². The van der Waals surface area contributed by atoms with Gasteiger partial charge in [0.25, 0.3) is 0 Å². The van der Waals surface area contributed by atoms with Gasteiger partial charge in [0.05, 0.1) is 18.7 Å². The summed E-state index contributed by atoms with van der Waals surface area (Å²) in [5.41, 5.74) is 2.44. The summed E-state index contributed by atoms with van der Waals surface area (Å²) in [6.07, 6.45) is 0.703.